The fraction of sp³-hybridized carbons (Fsp3) is 0.121. The molecule has 57 heavy (non-hydrogen) atoms. The van der Waals surface area contributed by atoms with Crippen molar-refractivity contribution in [2.24, 2.45) is 9.98 Å². The number of aromatic nitrogens is 6. The highest BCUT2D eigenvalue weighted by atomic mass is 19.4. The summed E-state index contributed by atoms with van der Waals surface area (Å²) in [7, 11) is 0. The number of benzene rings is 2. The first-order valence-electron chi connectivity index (χ1n) is 15.8. The van der Waals surface area contributed by atoms with Crippen molar-refractivity contribution in [3.8, 4) is 0 Å². The van der Waals surface area contributed by atoms with E-state index in [0.717, 1.165) is 11.0 Å². The van der Waals surface area contributed by atoms with E-state index in [4.69, 9.17) is 39.8 Å². The standard InChI is InChI=1S/C29H22N12O2.2C2HF3O2/c42-23(43)16-11-12-19-20(15-16)35-25(34-19)37-27-40-28(21-9-3-5-13-30-21)29(41-27,22-10-4-6-14-31-22)39-26(38-28)36-24-32-17-7-1-2-8-18(17)33-24;2*3-2(4,5)1(6)7/h1-15H,(H,42,43)(H3,32,33,36,38,39)(H3,34,35,37,40,41);2*(H,6,7). The van der Waals surface area contributed by atoms with Crippen molar-refractivity contribution in [1.29, 1.82) is 0 Å². The number of alkyl halides is 6. The Bertz CT molecular complexity index is 2410. The fourth-order valence-electron chi connectivity index (χ4n) is 5.51. The van der Waals surface area contributed by atoms with Crippen molar-refractivity contribution in [2.75, 3.05) is 0 Å². The van der Waals surface area contributed by atoms with Crippen LogP contribution in [-0.4, -0.2) is 87.4 Å². The van der Waals surface area contributed by atoms with Crippen molar-refractivity contribution in [1.82, 2.24) is 51.2 Å². The lowest BCUT2D eigenvalue weighted by atomic mass is 9.88. The first-order valence-corrected chi connectivity index (χ1v) is 15.8. The Balaban J connectivity index is 0.000000338. The van der Waals surface area contributed by atoms with Gasteiger partial charge in [0.2, 0.25) is 35.1 Å². The van der Waals surface area contributed by atoms with Gasteiger partial charge in [0.25, 0.3) is 0 Å². The zero-order chi connectivity index (χ0) is 41.2. The predicted molar refractivity (Wildman–Crippen MR) is 185 cm³/mol. The van der Waals surface area contributed by atoms with E-state index in [2.05, 4.69) is 41.2 Å². The van der Waals surface area contributed by atoms with Gasteiger partial charge in [0.15, 0.2) is 0 Å². The summed E-state index contributed by atoms with van der Waals surface area (Å²) in [5.74, 6) is -5.08. The van der Waals surface area contributed by atoms with E-state index in [0.29, 0.717) is 40.3 Å². The van der Waals surface area contributed by atoms with E-state index in [1.165, 1.54) is 12.1 Å². The number of aliphatic carboxylic acids is 2. The van der Waals surface area contributed by atoms with Gasteiger partial charge in [-0.3, -0.25) is 9.97 Å². The van der Waals surface area contributed by atoms with E-state index in [1.54, 1.807) is 18.5 Å². The van der Waals surface area contributed by atoms with Gasteiger partial charge in [-0.25, -0.2) is 24.4 Å². The van der Waals surface area contributed by atoms with Crippen LogP contribution >= 0.6 is 0 Å². The molecule has 2 aliphatic rings. The summed E-state index contributed by atoms with van der Waals surface area (Å²) < 4.78 is 63.5. The second-order valence-electron chi connectivity index (χ2n) is 11.6. The summed E-state index contributed by atoms with van der Waals surface area (Å²) >= 11 is 0. The quantitative estimate of drug-likeness (QED) is 0.112. The second kappa shape index (κ2) is 14.8. The smallest absolute Gasteiger partial charge is 0.478 e. The van der Waals surface area contributed by atoms with Crippen LogP contribution in [0.25, 0.3) is 22.1 Å². The number of aromatic amines is 2. The van der Waals surface area contributed by atoms with E-state index in [9.17, 15) is 36.2 Å². The van der Waals surface area contributed by atoms with E-state index < -0.39 is 41.6 Å². The average Bonchev–Trinajstić information content (AvgIpc) is 3.91. The molecular weight excluding hydrogens is 774 g/mol. The number of pyridine rings is 2. The number of nitrogens with one attached hydrogen (secondary N) is 6. The van der Waals surface area contributed by atoms with Crippen LogP contribution in [0.4, 0.5) is 38.2 Å². The summed E-state index contributed by atoms with van der Waals surface area (Å²) in [6.45, 7) is 0. The number of rotatable bonds is 5. The lowest BCUT2D eigenvalue weighted by Gasteiger charge is -2.36. The number of hydrogen-bond donors (Lipinski definition) is 9. The first kappa shape index (κ1) is 38.9. The minimum Gasteiger partial charge on any atom is -0.478 e. The number of H-pyrrole nitrogens is 2. The maximum Gasteiger partial charge on any atom is 0.490 e. The number of fused-ring (bicyclic) bond motifs is 3. The topological polar surface area (TPSA) is 268 Å². The van der Waals surface area contributed by atoms with Crippen molar-refractivity contribution in [3.05, 3.63) is 108 Å². The number of carbonyl (C=O) groups is 3. The summed E-state index contributed by atoms with van der Waals surface area (Å²) in [5.41, 5.74) is 1.89. The SMILES string of the molecule is O=C(O)C(F)(F)F.O=C(O)C(F)(F)F.O=C(O)c1ccc2[nH]c(N=C3NC4(c5ccccn5)NC(=Nc5nc6ccccc6[nH]5)NC4(c4ccccn4)N3)nc2c1. The lowest BCUT2D eigenvalue weighted by Crippen LogP contribution is -2.61. The van der Waals surface area contributed by atoms with Gasteiger partial charge in [-0.05, 0) is 54.6 Å². The Labute approximate surface area is 312 Å². The molecule has 2 atom stereocenters. The van der Waals surface area contributed by atoms with Crippen LogP contribution in [0.5, 0.6) is 0 Å². The molecule has 6 heterocycles. The average molecular weight is 799 g/mol. The van der Waals surface area contributed by atoms with Gasteiger partial charge in [0.1, 0.15) is 0 Å². The van der Waals surface area contributed by atoms with Crippen LogP contribution in [0.3, 0.4) is 0 Å². The van der Waals surface area contributed by atoms with Gasteiger partial charge in [-0.2, -0.15) is 36.3 Å². The zero-order valence-electron chi connectivity index (χ0n) is 28.2. The number of aliphatic imine (C=N–C) groups is 2. The number of imidazole rings is 2. The van der Waals surface area contributed by atoms with Gasteiger partial charge in [0, 0.05) is 12.4 Å². The molecule has 18 nitrogen and oxygen atoms in total. The number of aromatic carboxylic acids is 1. The minimum absolute atomic E-state index is 0.137. The molecule has 4 aromatic heterocycles. The third-order valence-corrected chi connectivity index (χ3v) is 7.90. The Hall–Kier alpha value is -7.79. The third kappa shape index (κ3) is 8.03. The number of carboxylic acid groups (broad SMARTS) is 3. The molecule has 2 aromatic carbocycles. The molecule has 9 N–H and O–H groups in total. The summed E-state index contributed by atoms with van der Waals surface area (Å²) in [6, 6.07) is 23.6. The molecule has 294 valence electrons. The molecule has 0 amide bonds. The Kier molecular flexibility index (Phi) is 10.1. The molecule has 2 aliphatic heterocycles. The van der Waals surface area contributed by atoms with Crippen LogP contribution in [0, 0.1) is 0 Å². The third-order valence-electron chi connectivity index (χ3n) is 7.90. The van der Waals surface area contributed by atoms with Crippen LogP contribution in [-0.2, 0) is 20.9 Å². The van der Waals surface area contributed by atoms with Gasteiger partial charge < -0.3 is 46.6 Å². The number of nitrogens with zero attached hydrogens (tertiary/aromatic N) is 6. The van der Waals surface area contributed by atoms with Crippen molar-refractivity contribution in [3.63, 3.8) is 0 Å². The van der Waals surface area contributed by atoms with Crippen LogP contribution in [0.2, 0.25) is 0 Å². The molecule has 0 aliphatic carbocycles. The lowest BCUT2D eigenvalue weighted by molar-refractivity contribution is -0.193. The molecule has 0 saturated carbocycles. The highest BCUT2D eigenvalue weighted by molar-refractivity contribution is 5.96. The minimum atomic E-state index is -5.08. The summed E-state index contributed by atoms with van der Waals surface area (Å²) in [5, 5.41) is 37.6. The molecule has 24 heteroatoms. The van der Waals surface area contributed by atoms with Gasteiger partial charge in [-0.15, -0.1) is 0 Å². The molecule has 6 aromatic rings. The van der Waals surface area contributed by atoms with Gasteiger partial charge >= 0.3 is 30.3 Å². The maximum absolute atomic E-state index is 11.4. The number of hydrogen-bond acceptors (Lipinski definition) is 9. The Morgan fingerprint density at radius 3 is 1.40 bits per heavy atom. The Morgan fingerprint density at radius 1 is 0.579 bits per heavy atom. The molecule has 0 bridgehead atoms. The largest absolute Gasteiger partial charge is 0.490 e. The molecular formula is C33H24F6N12O6. The maximum atomic E-state index is 11.4. The molecule has 0 radical (unpaired) electrons. The van der Waals surface area contributed by atoms with Crippen molar-refractivity contribution < 1.29 is 56.0 Å². The van der Waals surface area contributed by atoms with Crippen molar-refractivity contribution >= 4 is 63.8 Å². The second-order valence-corrected chi connectivity index (χ2v) is 11.6. The van der Waals surface area contributed by atoms with Crippen molar-refractivity contribution in [2.45, 2.75) is 23.7 Å². The highest BCUT2D eigenvalue weighted by Crippen LogP contribution is 2.42. The van der Waals surface area contributed by atoms with Gasteiger partial charge in [0.05, 0.1) is 39.0 Å². The number of guanidine groups is 2. The molecule has 2 saturated heterocycles. The normalized spacial score (nSPS) is 18.4. The van der Waals surface area contributed by atoms with Crippen LogP contribution < -0.4 is 21.3 Å². The van der Waals surface area contributed by atoms with Gasteiger partial charge in [-0.1, -0.05) is 24.3 Å². The van der Waals surface area contributed by atoms with E-state index in [-0.39, 0.29) is 11.5 Å². The molecule has 8 rings (SSSR count). The van der Waals surface area contributed by atoms with Crippen LogP contribution in [0.15, 0.2) is 101 Å². The number of carboxylic acids is 3. The number of halogens is 6. The fourth-order valence-corrected chi connectivity index (χ4v) is 5.51. The van der Waals surface area contributed by atoms with Crippen LogP contribution in [0.1, 0.15) is 21.7 Å². The zero-order valence-corrected chi connectivity index (χ0v) is 28.2. The summed E-state index contributed by atoms with van der Waals surface area (Å²) in [6.07, 6.45) is -6.75. The Morgan fingerprint density at radius 2 is 1.00 bits per heavy atom. The molecule has 2 unspecified atom stereocenters. The molecule has 2 fully saturated rings. The molecule has 0 spiro atoms. The highest BCUT2D eigenvalue weighted by Gasteiger charge is 2.67. The summed E-state index contributed by atoms with van der Waals surface area (Å²) in [4.78, 5) is 63.6. The number of para-hydroxylation sites is 2. The monoisotopic (exact) mass is 798 g/mol. The predicted octanol–water partition coefficient (Wildman–Crippen LogP) is 3.96. The van der Waals surface area contributed by atoms with E-state index >= 15 is 0 Å². The van der Waals surface area contributed by atoms with E-state index in [1.807, 2.05) is 60.7 Å². The first-order chi connectivity index (χ1) is 26.9.